The SMILES string of the molecule is C=C(C[Si](C)(C)C)[C@@H]1CCC(OC(C)=O)C(=O)C1. The van der Waals surface area contributed by atoms with Gasteiger partial charge in [-0.25, -0.2) is 0 Å². The maximum absolute atomic E-state index is 11.9. The van der Waals surface area contributed by atoms with Crippen LogP contribution in [0.1, 0.15) is 26.2 Å². The van der Waals surface area contributed by atoms with Gasteiger partial charge >= 0.3 is 5.97 Å². The summed E-state index contributed by atoms with van der Waals surface area (Å²) in [5.41, 5.74) is 1.21. The lowest BCUT2D eigenvalue weighted by atomic mass is 9.82. The lowest BCUT2D eigenvalue weighted by molar-refractivity contribution is -0.155. The quantitative estimate of drug-likeness (QED) is 0.447. The van der Waals surface area contributed by atoms with E-state index in [0.29, 0.717) is 12.8 Å². The molecule has 18 heavy (non-hydrogen) atoms. The number of carbonyl (C=O) groups excluding carboxylic acids is 2. The zero-order valence-corrected chi connectivity index (χ0v) is 12.9. The summed E-state index contributed by atoms with van der Waals surface area (Å²) < 4.78 is 5.02. The third-order valence-electron chi connectivity index (χ3n) is 3.23. The van der Waals surface area contributed by atoms with E-state index >= 15 is 0 Å². The summed E-state index contributed by atoms with van der Waals surface area (Å²) in [6.07, 6.45) is 1.53. The molecule has 0 amide bonds. The first-order valence-electron chi connectivity index (χ1n) is 6.56. The van der Waals surface area contributed by atoms with Crippen LogP contribution in [-0.2, 0) is 14.3 Å². The minimum atomic E-state index is -1.17. The Bertz CT molecular complexity index is 355. The molecule has 0 aliphatic heterocycles. The molecule has 0 aromatic heterocycles. The zero-order valence-electron chi connectivity index (χ0n) is 11.9. The molecule has 0 aromatic carbocycles. The highest BCUT2D eigenvalue weighted by atomic mass is 28.3. The average molecular weight is 268 g/mol. The van der Waals surface area contributed by atoms with Crippen molar-refractivity contribution in [2.24, 2.45) is 5.92 Å². The van der Waals surface area contributed by atoms with E-state index in [1.165, 1.54) is 12.5 Å². The molecule has 1 unspecified atom stereocenters. The van der Waals surface area contributed by atoms with Gasteiger partial charge in [-0.3, -0.25) is 9.59 Å². The first-order valence-corrected chi connectivity index (χ1v) is 10.3. The van der Waals surface area contributed by atoms with Gasteiger partial charge < -0.3 is 4.74 Å². The molecule has 1 aliphatic carbocycles. The third kappa shape index (κ3) is 4.76. The van der Waals surface area contributed by atoms with Gasteiger partial charge in [0, 0.05) is 21.4 Å². The number of hydrogen-bond acceptors (Lipinski definition) is 3. The van der Waals surface area contributed by atoms with Crippen LogP contribution in [0.15, 0.2) is 12.2 Å². The molecule has 1 fully saturated rings. The van der Waals surface area contributed by atoms with Gasteiger partial charge in [0.15, 0.2) is 11.9 Å². The summed E-state index contributed by atoms with van der Waals surface area (Å²) in [5, 5.41) is 0. The number of allylic oxidation sites excluding steroid dienone is 1. The molecule has 0 spiro atoms. The van der Waals surface area contributed by atoms with Crippen molar-refractivity contribution < 1.29 is 14.3 Å². The van der Waals surface area contributed by atoms with Crippen LogP contribution < -0.4 is 0 Å². The predicted octanol–water partition coefficient (Wildman–Crippen LogP) is 3.18. The van der Waals surface area contributed by atoms with Gasteiger partial charge in [-0.2, -0.15) is 0 Å². The highest BCUT2D eigenvalue weighted by Gasteiger charge is 2.32. The standard InChI is InChI=1S/C14H24O3Si/c1-10(9-18(3,4)5)12-6-7-14(13(16)8-12)17-11(2)15/h12,14H,1,6-9H2,2-5H3/t12-,14?/m1/s1. The largest absolute Gasteiger partial charge is 0.455 e. The van der Waals surface area contributed by atoms with E-state index in [4.69, 9.17) is 4.74 Å². The molecule has 0 heterocycles. The minimum Gasteiger partial charge on any atom is -0.455 e. The van der Waals surface area contributed by atoms with Crippen LogP contribution in [0.2, 0.25) is 25.7 Å². The van der Waals surface area contributed by atoms with Crippen molar-refractivity contribution in [1.29, 1.82) is 0 Å². The van der Waals surface area contributed by atoms with Crippen molar-refractivity contribution in [1.82, 2.24) is 0 Å². The van der Waals surface area contributed by atoms with Gasteiger partial charge in [-0.1, -0.05) is 31.8 Å². The fraction of sp³-hybridized carbons (Fsp3) is 0.714. The summed E-state index contributed by atoms with van der Waals surface area (Å²) in [6, 6.07) is 1.07. The first kappa shape index (κ1) is 15.2. The molecule has 0 saturated heterocycles. The second-order valence-electron chi connectivity index (χ2n) is 6.44. The molecule has 2 atom stereocenters. The number of esters is 1. The molecule has 0 aromatic rings. The van der Waals surface area contributed by atoms with E-state index in [9.17, 15) is 9.59 Å². The van der Waals surface area contributed by atoms with Crippen LogP contribution in [0.3, 0.4) is 0 Å². The van der Waals surface area contributed by atoms with Crippen LogP contribution in [0.5, 0.6) is 0 Å². The molecule has 102 valence electrons. The van der Waals surface area contributed by atoms with E-state index < -0.39 is 14.2 Å². The molecule has 0 radical (unpaired) electrons. The van der Waals surface area contributed by atoms with E-state index in [2.05, 4.69) is 26.2 Å². The predicted molar refractivity (Wildman–Crippen MR) is 75.2 cm³/mol. The topological polar surface area (TPSA) is 43.4 Å². The number of rotatable bonds is 4. The van der Waals surface area contributed by atoms with Crippen molar-refractivity contribution in [3.8, 4) is 0 Å². The summed E-state index contributed by atoms with van der Waals surface area (Å²) in [4.78, 5) is 22.8. The number of carbonyl (C=O) groups is 2. The second-order valence-corrected chi connectivity index (χ2v) is 11.9. The average Bonchev–Trinajstić information content (AvgIpc) is 2.17. The fourth-order valence-corrected chi connectivity index (χ4v) is 4.14. The summed E-state index contributed by atoms with van der Waals surface area (Å²) in [5.74, 6) is -0.0260. The monoisotopic (exact) mass is 268 g/mol. The number of Topliss-reactive ketones (excluding diaryl/α,β-unsaturated/α-hetero) is 1. The Morgan fingerprint density at radius 3 is 2.44 bits per heavy atom. The van der Waals surface area contributed by atoms with E-state index in [0.717, 1.165) is 12.5 Å². The number of hydrogen-bond donors (Lipinski definition) is 0. The van der Waals surface area contributed by atoms with Crippen molar-refractivity contribution in [2.75, 3.05) is 0 Å². The summed E-state index contributed by atoms with van der Waals surface area (Å²) >= 11 is 0. The Kier molecular flexibility index (Phi) is 4.90. The second kappa shape index (κ2) is 5.82. The van der Waals surface area contributed by atoms with Crippen molar-refractivity contribution in [3.05, 3.63) is 12.2 Å². The van der Waals surface area contributed by atoms with Crippen LogP contribution >= 0.6 is 0 Å². The van der Waals surface area contributed by atoms with E-state index in [1.54, 1.807) is 0 Å². The highest BCUT2D eigenvalue weighted by Crippen LogP contribution is 2.32. The van der Waals surface area contributed by atoms with Gasteiger partial charge in [0.1, 0.15) is 0 Å². The maximum Gasteiger partial charge on any atom is 0.303 e. The van der Waals surface area contributed by atoms with Crippen LogP contribution in [0.4, 0.5) is 0 Å². The van der Waals surface area contributed by atoms with Gasteiger partial charge in [0.05, 0.1) is 0 Å². The normalized spacial score (nSPS) is 24.8. The highest BCUT2D eigenvalue weighted by molar-refractivity contribution is 6.76. The fourth-order valence-electron chi connectivity index (χ4n) is 2.49. The molecular weight excluding hydrogens is 244 g/mol. The molecule has 1 saturated carbocycles. The molecule has 0 bridgehead atoms. The van der Waals surface area contributed by atoms with Crippen LogP contribution in [0, 0.1) is 5.92 Å². The molecule has 0 N–H and O–H groups in total. The number of ether oxygens (including phenoxy) is 1. The Hall–Kier alpha value is -0.903. The Labute approximate surface area is 111 Å². The summed E-state index contributed by atoms with van der Waals surface area (Å²) in [7, 11) is -1.17. The van der Waals surface area contributed by atoms with Gasteiger partial charge in [0.2, 0.25) is 0 Å². The van der Waals surface area contributed by atoms with Gasteiger partial charge in [0.25, 0.3) is 0 Å². The molecule has 4 heteroatoms. The maximum atomic E-state index is 11.9. The minimum absolute atomic E-state index is 0.0539. The van der Waals surface area contributed by atoms with Crippen molar-refractivity contribution in [2.45, 2.75) is 58.0 Å². The number of ketones is 1. The Balaban J connectivity index is 2.53. The molecule has 1 rings (SSSR count). The van der Waals surface area contributed by atoms with E-state index in [-0.39, 0.29) is 17.7 Å². The zero-order chi connectivity index (χ0) is 13.9. The van der Waals surface area contributed by atoms with E-state index in [1.807, 2.05) is 0 Å². The Morgan fingerprint density at radius 2 is 2.00 bits per heavy atom. The van der Waals surface area contributed by atoms with Crippen LogP contribution in [-0.4, -0.2) is 25.9 Å². The molecule has 3 nitrogen and oxygen atoms in total. The van der Waals surface area contributed by atoms with Gasteiger partial charge in [-0.05, 0) is 24.8 Å². The van der Waals surface area contributed by atoms with Crippen molar-refractivity contribution in [3.63, 3.8) is 0 Å². The third-order valence-corrected chi connectivity index (χ3v) is 4.74. The first-order chi connectivity index (χ1) is 8.19. The lowest BCUT2D eigenvalue weighted by Crippen LogP contribution is -2.34. The van der Waals surface area contributed by atoms with Crippen LogP contribution in [0.25, 0.3) is 0 Å². The Morgan fingerprint density at radius 1 is 1.39 bits per heavy atom. The summed E-state index contributed by atoms with van der Waals surface area (Å²) in [6.45, 7) is 12.4. The lowest BCUT2D eigenvalue weighted by Gasteiger charge is -2.30. The van der Waals surface area contributed by atoms with Crippen molar-refractivity contribution >= 4 is 19.8 Å². The van der Waals surface area contributed by atoms with Gasteiger partial charge in [-0.15, -0.1) is 0 Å². The molecule has 1 aliphatic rings. The smallest absolute Gasteiger partial charge is 0.303 e. The molecular formula is C14H24O3Si.